The highest BCUT2D eigenvalue weighted by molar-refractivity contribution is 5.91. The smallest absolute Gasteiger partial charge is 0.289 e. The van der Waals surface area contributed by atoms with Gasteiger partial charge in [0.1, 0.15) is 12.4 Å². The van der Waals surface area contributed by atoms with Gasteiger partial charge in [-0.15, -0.1) is 0 Å². The molecule has 6 nitrogen and oxygen atoms in total. The summed E-state index contributed by atoms with van der Waals surface area (Å²) in [5, 5.41) is 9.58. The van der Waals surface area contributed by atoms with Gasteiger partial charge in [0.05, 0.1) is 19.3 Å². The van der Waals surface area contributed by atoms with Crippen molar-refractivity contribution in [1.29, 1.82) is 0 Å². The number of ether oxygens (including phenoxy) is 2. The molecule has 1 aromatic heterocycles. The summed E-state index contributed by atoms with van der Waals surface area (Å²) in [6, 6.07) is 3.33. The Morgan fingerprint density at radius 1 is 1.61 bits per heavy atom. The van der Waals surface area contributed by atoms with E-state index in [0.717, 1.165) is 0 Å². The van der Waals surface area contributed by atoms with Crippen molar-refractivity contribution < 1.29 is 23.8 Å². The molecule has 2 rings (SSSR count). The molecule has 0 spiro atoms. The van der Waals surface area contributed by atoms with Crippen molar-refractivity contribution in [2.45, 2.75) is 12.7 Å². The molecule has 6 heteroatoms. The highest BCUT2D eigenvalue weighted by Gasteiger charge is 2.24. The first-order valence-electron chi connectivity index (χ1n) is 5.83. The third-order valence-corrected chi connectivity index (χ3v) is 2.69. The lowest BCUT2D eigenvalue weighted by atomic mass is 10.3. The lowest BCUT2D eigenvalue weighted by Gasteiger charge is -2.19. The first-order valence-corrected chi connectivity index (χ1v) is 5.83. The average Bonchev–Trinajstić information content (AvgIpc) is 2.70. The van der Waals surface area contributed by atoms with Crippen molar-refractivity contribution in [2.75, 3.05) is 33.4 Å². The van der Waals surface area contributed by atoms with Gasteiger partial charge in [0.2, 0.25) is 0 Å². The number of amides is 1. The van der Waals surface area contributed by atoms with Crippen LogP contribution < -0.4 is 0 Å². The van der Waals surface area contributed by atoms with E-state index in [9.17, 15) is 9.90 Å². The molecule has 2 heterocycles. The van der Waals surface area contributed by atoms with E-state index in [1.54, 1.807) is 19.2 Å². The monoisotopic (exact) mass is 255 g/mol. The van der Waals surface area contributed by atoms with E-state index >= 15 is 0 Å². The molecule has 1 fully saturated rings. The van der Waals surface area contributed by atoms with E-state index in [2.05, 4.69) is 0 Å². The minimum Gasteiger partial charge on any atom is -0.453 e. The molecule has 1 saturated heterocycles. The third kappa shape index (κ3) is 3.10. The topological polar surface area (TPSA) is 72.1 Å². The van der Waals surface area contributed by atoms with E-state index in [0.29, 0.717) is 25.5 Å². The zero-order chi connectivity index (χ0) is 13.0. The maximum atomic E-state index is 12.1. The van der Waals surface area contributed by atoms with Gasteiger partial charge in [0.15, 0.2) is 5.76 Å². The Morgan fingerprint density at radius 3 is 3.22 bits per heavy atom. The van der Waals surface area contributed by atoms with Gasteiger partial charge in [-0.25, -0.2) is 0 Å². The summed E-state index contributed by atoms with van der Waals surface area (Å²) in [5.74, 6) is 0.630. The second-order valence-corrected chi connectivity index (χ2v) is 4.18. The molecule has 1 aromatic rings. The van der Waals surface area contributed by atoms with Gasteiger partial charge < -0.3 is 23.9 Å². The number of hydrogen-bond donors (Lipinski definition) is 1. The summed E-state index contributed by atoms with van der Waals surface area (Å²) >= 11 is 0. The number of aliphatic hydroxyl groups is 1. The molecule has 1 N–H and O–H groups in total. The van der Waals surface area contributed by atoms with Crippen LogP contribution in [0.2, 0.25) is 0 Å². The molecular formula is C12H17NO5. The predicted octanol–water partition coefficient (Wildman–Crippen LogP) is 0.259. The highest BCUT2D eigenvalue weighted by Crippen LogP contribution is 2.13. The van der Waals surface area contributed by atoms with Gasteiger partial charge in [0.25, 0.3) is 5.91 Å². The summed E-state index contributed by atoms with van der Waals surface area (Å²) in [4.78, 5) is 13.7. The summed E-state index contributed by atoms with van der Waals surface area (Å²) in [6.45, 7) is 1.74. The SMILES string of the molecule is COCc1ccc(C(=O)N2CCOC[C@H](O)C2)o1. The van der Waals surface area contributed by atoms with Gasteiger partial charge in [-0.1, -0.05) is 0 Å². The largest absolute Gasteiger partial charge is 0.453 e. The van der Waals surface area contributed by atoms with Crippen molar-refractivity contribution in [2.24, 2.45) is 0 Å². The zero-order valence-electron chi connectivity index (χ0n) is 10.3. The Bertz CT molecular complexity index is 403. The summed E-state index contributed by atoms with van der Waals surface area (Å²) < 4.78 is 15.5. The molecule has 100 valence electrons. The number of aliphatic hydroxyl groups excluding tert-OH is 1. The van der Waals surface area contributed by atoms with Gasteiger partial charge in [-0.3, -0.25) is 4.79 Å². The number of carbonyl (C=O) groups is 1. The Morgan fingerprint density at radius 2 is 2.44 bits per heavy atom. The van der Waals surface area contributed by atoms with E-state index in [-0.39, 0.29) is 24.8 Å². The Balaban J connectivity index is 2.04. The predicted molar refractivity (Wildman–Crippen MR) is 62.2 cm³/mol. The van der Waals surface area contributed by atoms with E-state index < -0.39 is 6.10 Å². The number of methoxy groups -OCH3 is 1. The molecule has 1 aliphatic rings. The van der Waals surface area contributed by atoms with E-state index in [4.69, 9.17) is 13.9 Å². The molecule has 0 unspecified atom stereocenters. The van der Waals surface area contributed by atoms with Gasteiger partial charge in [-0.2, -0.15) is 0 Å². The maximum absolute atomic E-state index is 12.1. The van der Waals surface area contributed by atoms with E-state index in [1.807, 2.05) is 0 Å². The molecule has 1 atom stereocenters. The van der Waals surface area contributed by atoms with Crippen molar-refractivity contribution in [3.8, 4) is 0 Å². The first kappa shape index (κ1) is 13.1. The van der Waals surface area contributed by atoms with Gasteiger partial charge in [-0.05, 0) is 12.1 Å². The van der Waals surface area contributed by atoms with Crippen LogP contribution in [0.15, 0.2) is 16.5 Å². The van der Waals surface area contributed by atoms with Gasteiger partial charge in [0, 0.05) is 20.2 Å². The lowest BCUT2D eigenvalue weighted by Crippen LogP contribution is -2.37. The van der Waals surface area contributed by atoms with Crippen LogP contribution in [0.4, 0.5) is 0 Å². The molecule has 18 heavy (non-hydrogen) atoms. The summed E-state index contributed by atoms with van der Waals surface area (Å²) in [5.41, 5.74) is 0. The van der Waals surface area contributed by atoms with Crippen molar-refractivity contribution >= 4 is 5.91 Å². The first-order chi connectivity index (χ1) is 8.70. The molecule has 0 bridgehead atoms. The quantitative estimate of drug-likeness (QED) is 0.838. The maximum Gasteiger partial charge on any atom is 0.289 e. The Hall–Kier alpha value is -1.37. The number of nitrogens with zero attached hydrogens (tertiary/aromatic N) is 1. The van der Waals surface area contributed by atoms with Crippen LogP contribution >= 0.6 is 0 Å². The Labute approximate surface area is 105 Å². The van der Waals surface area contributed by atoms with Crippen LogP contribution in [0.5, 0.6) is 0 Å². The van der Waals surface area contributed by atoms with Crippen LogP contribution in [0.25, 0.3) is 0 Å². The summed E-state index contributed by atoms with van der Waals surface area (Å²) in [6.07, 6.45) is -0.648. The van der Waals surface area contributed by atoms with E-state index in [1.165, 1.54) is 4.90 Å². The molecule has 1 amide bonds. The number of furan rings is 1. The molecule has 0 aromatic carbocycles. The number of hydrogen-bond acceptors (Lipinski definition) is 5. The van der Waals surface area contributed by atoms with Crippen molar-refractivity contribution in [1.82, 2.24) is 4.90 Å². The number of β-amino-alcohol motifs (C(OH)–C–C–N with tert-alkyl or cyclic N) is 1. The number of rotatable bonds is 3. The second-order valence-electron chi connectivity index (χ2n) is 4.18. The van der Waals surface area contributed by atoms with Crippen LogP contribution in [0.3, 0.4) is 0 Å². The molecular weight excluding hydrogens is 238 g/mol. The van der Waals surface area contributed by atoms with Crippen LogP contribution in [0.1, 0.15) is 16.3 Å². The fourth-order valence-corrected chi connectivity index (χ4v) is 1.85. The molecule has 1 aliphatic heterocycles. The lowest BCUT2D eigenvalue weighted by molar-refractivity contribution is 0.0524. The summed E-state index contributed by atoms with van der Waals surface area (Å²) in [7, 11) is 1.56. The van der Waals surface area contributed by atoms with Gasteiger partial charge >= 0.3 is 0 Å². The fraction of sp³-hybridized carbons (Fsp3) is 0.583. The molecule has 0 saturated carbocycles. The number of carbonyl (C=O) groups excluding carboxylic acids is 1. The van der Waals surface area contributed by atoms with Crippen LogP contribution in [-0.2, 0) is 16.1 Å². The normalized spacial score (nSPS) is 20.8. The molecule has 0 aliphatic carbocycles. The van der Waals surface area contributed by atoms with Crippen molar-refractivity contribution in [3.63, 3.8) is 0 Å². The van der Waals surface area contributed by atoms with Crippen molar-refractivity contribution in [3.05, 3.63) is 23.7 Å². The average molecular weight is 255 g/mol. The standard InChI is InChI=1S/C12H17NO5/c1-16-8-10-2-3-11(18-10)12(15)13-4-5-17-7-9(14)6-13/h2-3,9,14H,4-8H2,1H3/t9-/m1/s1. The zero-order valence-corrected chi connectivity index (χ0v) is 10.3. The van der Waals surface area contributed by atoms with Crippen LogP contribution in [-0.4, -0.2) is 55.4 Å². The third-order valence-electron chi connectivity index (χ3n) is 2.69. The fourth-order valence-electron chi connectivity index (χ4n) is 1.85. The Kier molecular flexibility index (Phi) is 4.35. The highest BCUT2D eigenvalue weighted by atomic mass is 16.5. The minimum absolute atomic E-state index is 0.234. The second kappa shape index (κ2) is 5.99. The molecule has 0 radical (unpaired) electrons. The minimum atomic E-state index is -0.648. The van der Waals surface area contributed by atoms with Crippen LogP contribution in [0, 0.1) is 0 Å².